The number of nitrogens with two attached hydrogens (primary N) is 1. The van der Waals surface area contributed by atoms with Crippen LogP contribution in [0.15, 0.2) is 6.33 Å². The highest BCUT2D eigenvalue weighted by atomic mass is 16.5. The van der Waals surface area contributed by atoms with Gasteiger partial charge in [-0.15, -0.1) is 0 Å². The Morgan fingerprint density at radius 1 is 1.56 bits per heavy atom. The maximum Gasteiger partial charge on any atom is 0.138 e. The van der Waals surface area contributed by atoms with Crippen molar-refractivity contribution in [1.29, 1.82) is 0 Å². The molecule has 1 aromatic heterocycles. The summed E-state index contributed by atoms with van der Waals surface area (Å²) in [6, 6.07) is -0.0794. The minimum Gasteiger partial charge on any atom is -0.381 e. The molecule has 0 bridgehead atoms. The van der Waals surface area contributed by atoms with Crippen molar-refractivity contribution in [3.63, 3.8) is 0 Å². The summed E-state index contributed by atoms with van der Waals surface area (Å²) in [6.07, 6.45) is 3.93. The summed E-state index contributed by atoms with van der Waals surface area (Å²) in [7, 11) is 1.88. The van der Waals surface area contributed by atoms with E-state index < -0.39 is 0 Å². The van der Waals surface area contributed by atoms with Crippen molar-refractivity contribution in [3.8, 4) is 0 Å². The second-order valence-electron chi connectivity index (χ2n) is 4.72. The zero-order valence-electron chi connectivity index (χ0n) is 11.1. The van der Waals surface area contributed by atoms with E-state index in [2.05, 4.69) is 10.1 Å². The van der Waals surface area contributed by atoms with Crippen molar-refractivity contribution in [2.45, 2.75) is 37.8 Å². The molecule has 1 aliphatic rings. The second kappa shape index (κ2) is 5.77. The van der Waals surface area contributed by atoms with Gasteiger partial charge < -0.3 is 15.2 Å². The average Bonchev–Trinajstić information content (AvgIpc) is 2.76. The van der Waals surface area contributed by atoms with Crippen molar-refractivity contribution in [2.75, 3.05) is 19.8 Å². The summed E-state index contributed by atoms with van der Waals surface area (Å²) in [4.78, 5) is 4.23. The Labute approximate surface area is 107 Å². The molecule has 2 rings (SSSR count). The molecule has 2 N–H and O–H groups in total. The van der Waals surface area contributed by atoms with Gasteiger partial charge in [0.2, 0.25) is 0 Å². The van der Waals surface area contributed by atoms with Crippen LogP contribution in [0, 0.1) is 0 Å². The molecule has 0 aromatic carbocycles. The lowest BCUT2D eigenvalue weighted by Crippen LogP contribution is -2.54. The molecule has 2 heterocycles. The number of hydrogen-bond donors (Lipinski definition) is 1. The fourth-order valence-corrected chi connectivity index (χ4v) is 2.51. The van der Waals surface area contributed by atoms with E-state index in [4.69, 9.17) is 15.2 Å². The Kier molecular flexibility index (Phi) is 4.31. The van der Waals surface area contributed by atoms with Gasteiger partial charge in [0.1, 0.15) is 12.2 Å². The summed E-state index contributed by atoms with van der Waals surface area (Å²) in [5.74, 6) is 0.896. The quantitative estimate of drug-likeness (QED) is 0.816. The van der Waals surface area contributed by atoms with Crippen molar-refractivity contribution < 1.29 is 9.47 Å². The van der Waals surface area contributed by atoms with Gasteiger partial charge in [-0.25, -0.2) is 4.98 Å². The van der Waals surface area contributed by atoms with E-state index in [0.717, 1.165) is 18.7 Å². The van der Waals surface area contributed by atoms with Crippen LogP contribution in [-0.4, -0.2) is 46.2 Å². The number of nitrogens with zero attached hydrogens (tertiary/aromatic N) is 3. The molecule has 18 heavy (non-hydrogen) atoms. The monoisotopic (exact) mass is 254 g/mol. The third-order valence-corrected chi connectivity index (χ3v) is 3.65. The molecular formula is C12H22N4O2. The van der Waals surface area contributed by atoms with Gasteiger partial charge in [-0.1, -0.05) is 0 Å². The first-order chi connectivity index (χ1) is 8.68. The van der Waals surface area contributed by atoms with Gasteiger partial charge in [0.15, 0.2) is 0 Å². The normalized spacial score (nSPS) is 20.8. The summed E-state index contributed by atoms with van der Waals surface area (Å²) in [6.45, 7) is 4.11. The number of ether oxygens (including phenoxy) is 2. The summed E-state index contributed by atoms with van der Waals surface area (Å²) in [5.41, 5.74) is 6.09. The number of rotatable bonds is 5. The molecule has 1 saturated heterocycles. The van der Waals surface area contributed by atoms with Crippen LogP contribution in [0.1, 0.15) is 25.6 Å². The Morgan fingerprint density at radius 2 is 2.28 bits per heavy atom. The highest BCUT2D eigenvalue weighted by Crippen LogP contribution is 2.29. The average molecular weight is 254 g/mol. The Morgan fingerprint density at radius 3 is 2.83 bits per heavy atom. The predicted molar refractivity (Wildman–Crippen MR) is 67.1 cm³/mol. The molecule has 1 aromatic rings. The highest BCUT2D eigenvalue weighted by Gasteiger charge is 2.39. The van der Waals surface area contributed by atoms with E-state index in [0.29, 0.717) is 26.2 Å². The molecule has 0 saturated carbocycles. The standard InChI is InChI=1S/C12H22N4O2/c1-3-18-12(4-6-17-7-5-12)10(13)8-11-14-9-15-16(11)2/h9-10H,3-8,13H2,1-2H3. The molecular weight excluding hydrogens is 232 g/mol. The Balaban J connectivity index is 2.08. The highest BCUT2D eigenvalue weighted by molar-refractivity contribution is 4.99. The van der Waals surface area contributed by atoms with Gasteiger partial charge in [0.05, 0.1) is 5.60 Å². The van der Waals surface area contributed by atoms with Gasteiger partial charge in [-0.3, -0.25) is 4.68 Å². The van der Waals surface area contributed by atoms with Crippen LogP contribution in [-0.2, 0) is 22.9 Å². The first-order valence-corrected chi connectivity index (χ1v) is 6.48. The maximum absolute atomic E-state index is 6.37. The molecule has 0 amide bonds. The lowest BCUT2D eigenvalue weighted by Gasteiger charge is -2.41. The fourth-order valence-electron chi connectivity index (χ4n) is 2.51. The van der Waals surface area contributed by atoms with E-state index in [1.54, 1.807) is 11.0 Å². The minimum atomic E-state index is -0.279. The van der Waals surface area contributed by atoms with E-state index in [-0.39, 0.29) is 11.6 Å². The third kappa shape index (κ3) is 2.71. The summed E-state index contributed by atoms with van der Waals surface area (Å²) in [5, 5.41) is 4.07. The van der Waals surface area contributed by atoms with Crippen molar-refractivity contribution in [3.05, 3.63) is 12.2 Å². The molecule has 102 valence electrons. The third-order valence-electron chi connectivity index (χ3n) is 3.65. The zero-order valence-corrected chi connectivity index (χ0v) is 11.1. The predicted octanol–water partition coefficient (Wildman–Crippen LogP) is 0.271. The molecule has 0 radical (unpaired) electrons. The number of aromatic nitrogens is 3. The van der Waals surface area contributed by atoms with E-state index in [1.165, 1.54) is 0 Å². The van der Waals surface area contributed by atoms with Crippen LogP contribution in [0.3, 0.4) is 0 Å². The molecule has 6 heteroatoms. The van der Waals surface area contributed by atoms with Crippen LogP contribution in [0.2, 0.25) is 0 Å². The molecule has 1 aliphatic heterocycles. The van der Waals surface area contributed by atoms with E-state index >= 15 is 0 Å². The zero-order chi connectivity index (χ0) is 13.0. The molecule has 0 spiro atoms. The van der Waals surface area contributed by atoms with Crippen molar-refractivity contribution >= 4 is 0 Å². The van der Waals surface area contributed by atoms with Gasteiger partial charge in [0.25, 0.3) is 0 Å². The SMILES string of the molecule is CCOC1(C(N)Cc2ncnn2C)CCOCC1. The molecule has 1 unspecified atom stereocenters. The Hall–Kier alpha value is -0.980. The van der Waals surface area contributed by atoms with Crippen LogP contribution in [0.4, 0.5) is 0 Å². The van der Waals surface area contributed by atoms with Gasteiger partial charge in [-0.05, 0) is 6.92 Å². The van der Waals surface area contributed by atoms with Crippen LogP contribution < -0.4 is 5.73 Å². The van der Waals surface area contributed by atoms with Crippen LogP contribution >= 0.6 is 0 Å². The molecule has 1 atom stereocenters. The topological polar surface area (TPSA) is 75.2 Å². The summed E-state index contributed by atoms with van der Waals surface area (Å²) < 4.78 is 13.1. The number of aryl methyl sites for hydroxylation is 1. The largest absolute Gasteiger partial charge is 0.381 e. The fraction of sp³-hybridized carbons (Fsp3) is 0.833. The van der Waals surface area contributed by atoms with Crippen molar-refractivity contribution in [1.82, 2.24) is 14.8 Å². The van der Waals surface area contributed by atoms with E-state index in [1.807, 2.05) is 14.0 Å². The lowest BCUT2D eigenvalue weighted by atomic mass is 9.84. The van der Waals surface area contributed by atoms with Gasteiger partial charge >= 0.3 is 0 Å². The Bertz CT molecular complexity index is 368. The van der Waals surface area contributed by atoms with Gasteiger partial charge in [0, 0.05) is 52.2 Å². The smallest absolute Gasteiger partial charge is 0.138 e. The number of hydrogen-bond acceptors (Lipinski definition) is 5. The summed E-state index contributed by atoms with van der Waals surface area (Å²) >= 11 is 0. The molecule has 1 fully saturated rings. The second-order valence-corrected chi connectivity index (χ2v) is 4.72. The van der Waals surface area contributed by atoms with E-state index in [9.17, 15) is 0 Å². The lowest BCUT2D eigenvalue weighted by molar-refractivity contribution is -0.120. The first kappa shape index (κ1) is 13.5. The van der Waals surface area contributed by atoms with Crippen LogP contribution in [0.5, 0.6) is 0 Å². The van der Waals surface area contributed by atoms with Crippen LogP contribution in [0.25, 0.3) is 0 Å². The molecule has 0 aliphatic carbocycles. The van der Waals surface area contributed by atoms with Crippen molar-refractivity contribution in [2.24, 2.45) is 12.8 Å². The molecule has 6 nitrogen and oxygen atoms in total. The first-order valence-electron chi connectivity index (χ1n) is 6.48. The minimum absolute atomic E-state index is 0.0794. The van der Waals surface area contributed by atoms with Gasteiger partial charge in [-0.2, -0.15) is 5.10 Å². The maximum atomic E-state index is 6.37.